The molecule has 2 aromatic rings. The van der Waals surface area contributed by atoms with E-state index in [1.807, 2.05) is 18.4 Å². The normalized spacial score (nSPS) is 14.1. The van der Waals surface area contributed by atoms with Crippen LogP contribution in [0.3, 0.4) is 0 Å². The Kier molecular flexibility index (Phi) is 3.49. The first kappa shape index (κ1) is 13.5. The van der Waals surface area contributed by atoms with E-state index in [0.29, 0.717) is 4.90 Å². The van der Waals surface area contributed by atoms with Crippen LogP contribution in [-0.2, 0) is 23.0 Å². The highest BCUT2D eigenvalue weighted by Gasteiger charge is 2.18. The van der Waals surface area contributed by atoms with Gasteiger partial charge in [0, 0.05) is 23.3 Å². The number of nitrogens with one attached hydrogen (secondary N) is 2. The van der Waals surface area contributed by atoms with Crippen LogP contribution in [0.5, 0.6) is 0 Å². The van der Waals surface area contributed by atoms with Gasteiger partial charge < -0.3 is 5.32 Å². The second-order valence-electron chi connectivity index (χ2n) is 4.70. The fourth-order valence-corrected chi connectivity index (χ4v) is 4.01. The van der Waals surface area contributed by atoms with Gasteiger partial charge in [-0.05, 0) is 37.1 Å². The number of rotatable bonds is 4. The number of nitrogens with zero attached hydrogens (tertiary/aromatic N) is 1. The average Bonchev–Trinajstić information content (AvgIpc) is 3.04. The van der Waals surface area contributed by atoms with Gasteiger partial charge in [0.1, 0.15) is 5.01 Å². The highest BCUT2D eigenvalue weighted by Crippen LogP contribution is 2.25. The number of sulfonamides is 1. The summed E-state index contributed by atoms with van der Waals surface area (Å²) in [5, 5.41) is 5.90. The van der Waals surface area contributed by atoms with Gasteiger partial charge in [-0.1, -0.05) is 0 Å². The van der Waals surface area contributed by atoms with Crippen LogP contribution in [0.4, 0.5) is 5.69 Å². The first-order valence-corrected chi connectivity index (χ1v) is 8.68. The first-order valence-electron chi connectivity index (χ1n) is 6.32. The zero-order valence-electron chi connectivity index (χ0n) is 11.0. The molecule has 0 spiro atoms. The third-order valence-corrected chi connectivity index (χ3v) is 5.54. The van der Waals surface area contributed by atoms with Crippen molar-refractivity contribution in [1.82, 2.24) is 9.71 Å². The van der Waals surface area contributed by atoms with Crippen molar-refractivity contribution < 1.29 is 8.42 Å². The molecule has 3 rings (SSSR count). The molecule has 1 aromatic carbocycles. The van der Waals surface area contributed by atoms with E-state index in [9.17, 15) is 8.42 Å². The predicted molar refractivity (Wildman–Crippen MR) is 79.5 cm³/mol. The molecular formula is C13H15N3O2S2. The molecule has 1 aliphatic heterocycles. The molecule has 5 nitrogen and oxygen atoms in total. The van der Waals surface area contributed by atoms with E-state index in [-0.39, 0.29) is 6.54 Å². The molecule has 0 fully saturated rings. The summed E-state index contributed by atoms with van der Waals surface area (Å²) in [5.41, 5.74) is 2.99. The number of aryl methyl sites for hydroxylation is 1. The second kappa shape index (κ2) is 5.16. The monoisotopic (exact) mass is 309 g/mol. The quantitative estimate of drug-likeness (QED) is 0.905. The number of aromatic nitrogens is 1. The Balaban J connectivity index is 1.78. The van der Waals surface area contributed by atoms with Crippen LogP contribution in [0.2, 0.25) is 0 Å². The summed E-state index contributed by atoms with van der Waals surface area (Å²) in [6.07, 6.45) is 0.865. The molecule has 106 valence electrons. The number of benzene rings is 1. The molecule has 20 heavy (non-hydrogen) atoms. The number of thiazole rings is 1. The lowest BCUT2D eigenvalue weighted by Gasteiger charge is -2.07. The van der Waals surface area contributed by atoms with Crippen molar-refractivity contribution in [2.75, 3.05) is 11.9 Å². The van der Waals surface area contributed by atoms with Crippen molar-refractivity contribution in [3.63, 3.8) is 0 Å². The van der Waals surface area contributed by atoms with Crippen LogP contribution < -0.4 is 10.0 Å². The fourth-order valence-electron chi connectivity index (χ4n) is 2.17. The molecule has 2 N–H and O–H groups in total. The standard InChI is InChI=1S/C13H15N3O2S2/c1-9-8-19-13(16-9)7-15-20(17,18)11-2-3-12-10(6-11)4-5-14-12/h2-3,6,8,14-15H,4-5,7H2,1H3. The Labute approximate surface area is 122 Å². The molecule has 0 unspecified atom stereocenters. The van der Waals surface area contributed by atoms with Gasteiger partial charge in [0.25, 0.3) is 0 Å². The fraction of sp³-hybridized carbons (Fsp3) is 0.308. The van der Waals surface area contributed by atoms with Crippen molar-refractivity contribution in [2.24, 2.45) is 0 Å². The van der Waals surface area contributed by atoms with Crippen LogP contribution in [0.25, 0.3) is 0 Å². The Bertz CT molecular complexity index is 738. The van der Waals surface area contributed by atoms with Gasteiger partial charge in [-0.15, -0.1) is 11.3 Å². The molecular weight excluding hydrogens is 294 g/mol. The zero-order valence-corrected chi connectivity index (χ0v) is 12.6. The molecule has 0 bridgehead atoms. The second-order valence-corrected chi connectivity index (χ2v) is 7.41. The van der Waals surface area contributed by atoms with Crippen LogP contribution >= 0.6 is 11.3 Å². The molecule has 7 heteroatoms. The SMILES string of the molecule is Cc1csc(CNS(=O)(=O)c2ccc3c(c2)CCN3)n1. The number of fused-ring (bicyclic) bond motifs is 1. The number of hydrogen-bond donors (Lipinski definition) is 2. The lowest BCUT2D eigenvalue weighted by Crippen LogP contribution is -2.23. The van der Waals surface area contributed by atoms with Gasteiger partial charge in [-0.3, -0.25) is 0 Å². The van der Waals surface area contributed by atoms with Crippen molar-refractivity contribution >= 4 is 27.0 Å². The summed E-state index contributed by atoms with van der Waals surface area (Å²) < 4.78 is 27.1. The minimum atomic E-state index is -3.48. The van der Waals surface area contributed by atoms with Gasteiger partial charge >= 0.3 is 0 Å². The smallest absolute Gasteiger partial charge is 0.240 e. The van der Waals surface area contributed by atoms with Crippen molar-refractivity contribution in [3.05, 3.63) is 39.8 Å². The van der Waals surface area contributed by atoms with E-state index in [2.05, 4.69) is 15.0 Å². The lowest BCUT2D eigenvalue weighted by atomic mass is 10.2. The summed E-state index contributed by atoms with van der Waals surface area (Å²) in [6.45, 7) is 2.99. The Morgan fingerprint density at radius 3 is 3.05 bits per heavy atom. The lowest BCUT2D eigenvalue weighted by molar-refractivity contribution is 0.581. The maximum absolute atomic E-state index is 12.3. The van der Waals surface area contributed by atoms with E-state index in [1.54, 1.807) is 12.1 Å². The minimum Gasteiger partial charge on any atom is -0.384 e. The number of hydrogen-bond acceptors (Lipinski definition) is 5. The summed E-state index contributed by atoms with van der Waals surface area (Å²) in [6, 6.07) is 5.20. The van der Waals surface area contributed by atoms with E-state index in [1.165, 1.54) is 11.3 Å². The van der Waals surface area contributed by atoms with E-state index in [4.69, 9.17) is 0 Å². The molecule has 0 radical (unpaired) electrons. The van der Waals surface area contributed by atoms with Crippen LogP contribution in [0.1, 0.15) is 16.3 Å². The van der Waals surface area contributed by atoms with Gasteiger partial charge in [0.05, 0.1) is 11.4 Å². The molecule has 1 aromatic heterocycles. The van der Waals surface area contributed by atoms with Gasteiger partial charge in [-0.25, -0.2) is 18.1 Å². The van der Waals surface area contributed by atoms with Crippen molar-refractivity contribution in [1.29, 1.82) is 0 Å². The highest BCUT2D eigenvalue weighted by atomic mass is 32.2. The van der Waals surface area contributed by atoms with Crippen LogP contribution in [-0.4, -0.2) is 19.9 Å². The Hall–Kier alpha value is -1.44. The zero-order chi connectivity index (χ0) is 14.2. The van der Waals surface area contributed by atoms with Gasteiger partial charge in [0.2, 0.25) is 10.0 Å². The molecule has 0 saturated heterocycles. The Morgan fingerprint density at radius 1 is 1.45 bits per heavy atom. The molecule has 0 aliphatic carbocycles. The van der Waals surface area contributed by atoms with Crippen molar-refractivity contribution in [2.45, 2.75) is 24.8 Å². The molecule has 2 heterocycles. The van der Waals surface area contributed by atoms with E-state index < -0.39 is 10.0 Å². The predicted octanol–water partition coefficient (Wildman–Crippen LogP) is 1.90. The average molecular weight is 309 g/mol. The summed E-state index contributed by atoms with van der Waals surface area (Å²) in [4.78, 5) is 4.56. The molecule has 0 atom stereocenters. The van der Waals surface area contributed by atoms with E-state index >= 15 is 0 Å². The first-order chi connectivity index (χ1) is 9.54. The van der Waals surface area contributed by atoms with E-state index in [0.717, 1.165) is 34.9 Å². The summed E-state index contributed by atoms with van der Waals surface area (Å²) in [5.74, 6) is 0. The van der Waals surface area contributed by atoms with Crippen LogP contribution in [0, 0.1) is 6.92 Å². The third kappa shape index (κ3) is 2.70. The third-order valence-electron chi connectivity index (χ3n) is 3.18. The topological polar surface area (TPSA) is 71.1 Å². The van der Waals surface area contributed by atoms with Crippen molar-refractivity contribution in [3.8, 4) is 0 Å². The molecule has 0 saturated carbocycles. The van der Waals surface area contributed by atoms with Crippen LogP contribution in [0.15, 0.2) is 28.5 Å². The largest absolute Gasteiger partial charge is 0.384 e. The molecule has 1 aliphatic rings. The number of anilines is 1. The van der Waals surface area contributed by atoms with Gasteiger partial charge in [-0.2, -0.15) is 0 Å². The summed E-state index contributed by atoms with van der Waals surface area (Å²) >= 11 is 1.46. The summed E-state index contributed by atoms with van der Waals surface area (Å²) in [7, 11) is -3.48. The Morgan fingerprint density at radius 2 is 2.30 bits per heavy atom. The maximum atomic E-state index is 12.3. The highest BCUT2D eigenvalue weighted by molar-refractivity contribution is 7.89. The van der Waals surface area contributed by atoms with Gasteiger partial charge in [0.15, 0.2) is 0 Å². The molecule has 0 amide bonds. The maximum Gasteiger partial charge on any atom is 0.240 e. The minimum absolute atomic E-state index is 0.232.